The Kier molecular flexibility index (Phi) is 7.57. The van der Waals surface area contributed by atoms with Crippen molar-refractivity contribution in [2.24, 2.45) is 0 Å². The van der Waals surface area contributed by atoms with E-state index in [-0.39, 0.29) is 11.8 Å². The second-order valence-electron chi connectivity index (χ2n) is 7.83. The lowest BCUT2D eigenvalue weighted by Gasteiger charge is -2.22. The molecule has 2 N–H and O–H groups in total. The number of hydrogen-bond acceptors (Lipinski definition) is 3. The molecule has 0 fully saturated rings. The molecule has 0 aromatic heterocycles. The second kappa shape index (κ2) is 10.5. The number of anilines is 1. The largest absolute Gasteiger partial charge is 0.348 e. The van der Waals surface area contributed by atoms with Crippen molar-refractivity contribution in [3.8, 4) is 0 Å². The number of amides is 2. The smallest absolute Gasteiger partial charge is 0.255 e. The monoisotopic (exact) mass is 415 g/mol. The van der Waals surface area contributed by atoms with Gasteiger partial charge < -0.3 is 10.6 Å². The fraction of sp³-hybridized carbons (Fsp3) is 0.231. The number of nitrogens with one attached hydrogen (secondary N) is 2. The van der Waals surface area contributed by atoms with Crippen LogP contribution in [-0.2, 0) is 13.1 Å². The van der Waals surface area contributed by atoms with Crippen LogP contribution >= 0.6 is 0 Å². The summed E-state index contributed by atoms with van der Waals surface area (Å²) in [5.74, 6) is -0.473. The highest BCUT2D eigenvalue weighted by molar-refractivity contribution is 6.08. The van der Waals surface area contributed by atoms with Crippen molar-refractivity contribution < 1.29 is 9.59 Å². The van der Waals surface area contributed by atoms with Gasteiger partial charge in [-0.05, 0) is 56.3 Å². The Morgan fingerprint density at radius 1 is 0.806 bits per heavy atom. The summed E-state index contributed by atoms with van der Waals surface area (Å²) >= 11 is 0. The van der Waals surface area contributed by atoms with E-state index >= 15 is 0 Å². The first-order valence-corrected chi connectivity index (χ1v) is 10.5. The van der Waals surface area contributed by atoms with Gasteiger partial charge in [0.15, 0.2) is 0 Å². The lowest BCUT2D eigenvalue weighted by atomic mass is 10.1. The lowest BCUT2D eigenvalue weighted by Crippen LogP contribution is -2.28. The van der Waals surface area contributed by atoms with E-state index in [1.54, 1.807) is 36.4 Å². The predicted octanol–water partition coefficient (Wildman–Crippen LogP) is 4.71. The molecule has 0 saturated heterocycles. The van der Waals surface area contributed by atoms with E-state index in [0.717, 1.165) is 12.1 Å². The van der Waals surface area contributed by atoms with Crippen molar-refractivity contribution in [2.45, 2.75) is 33.0 Å². The maximum Gasteiger partial charge on any atom is 0.255 e. The number of carbonyl (C=O) groups is 2. The molecule has 0 heterocycles. The first-order chi connectivity index (χ1) is 15.0. The van der Waals surface area contributed by atoms with Gasteiger partial charge in [-0.3, -0.25) is 14.5 Å². The molecule has 0 saturated carbocycles. The van der Waals surface area contributed by atoms with E-state index in [1.807, 2.05) is 36.4 Å². The summed E-state index contributed by atoms with van der Waals surface area (Å²) in [4.78, 5) is 27.7. The highest BCUT2D eigenvalue weighted by atomic mass is 16.2. The van der Waals surface area contributed by atoms with Crippen molar-refractivity contribution in [2.75, 3.05) is 12.4 Å². The quantitative estimate of drug-likeness (QED) is 0.560. The van der Waals surface area contributed by atoms with Crippen molar-refractivity contribution in [3.63, 3.8) is 0 Å². The fourth-order valence-electron chi connectivity index (χ4n) is 3.18. The van der Waals surface area contributed by atoms with Crippen LogP contribution < -0.4 is 10.6 Å². The van der Waals surface area contributed by atoms with Crippen LogP contribution in [0.25, 0.3) is 0 Å². The zero-order valence-corrected chi connectivity index (χ0v) is 18.3. The molecule has 5 heteroatoms. The number of carbonyl (C=O) groups excluding carboxylic acids is 2. The number of para-hydroxylation sites is 1. The number of nitrogens with zero attached hydrogens (tertiary/aromatic N) is 1. The molecule has 160 valence electrons. The molecular formula is C26H29N3O2. The second-order valence-corrected chi connectivity index (χ2v) is 7.83. The van der Waals surface area contributed by atoms with E-state index in [4.69, 9.17) is 0 Å². The molecule has 0 unspecified atom stereocenters. The Morgan fingerprint density at radius 3 is 2.13 bits per heavy atom. The topological polar surface area (TPSA) is 61.4 Å². The summed E-state index contributed by atoms with van der Waals surface area (Å²) in [6, 6.07) is 24.6. The summed E-state index contributed by atoms with van der Waals surface area (Å²) in [6.07, 6.45) is 0. The third kappa shape index (κ3) is 6.03. The minimum Gasteiger partial charge on any atom is -0.348 e. The van der Waals surface area contributed by atoms with Gasteiger partial charge in [0.1, 0.15) is 0 Å². The van der Waals surface area contributed by atoms with Gasteiger partial charge in [0.05, 0.1) is 11.3 Å². The number of hydrogen-bond donors (Lipinski definition) is 2. The maximum absolute atomic E-state index is 12.9. The SMILES string of the molecule is CC(C)N(C)Cc1ccccc1CNC(=O)c1ccccc1NC(=O)c1ccccc1. The lowest BCUT2D eigenvalue weighted by molar-refractivity contribution is 0.0951. The first-order valence-electron chi connectivity index (χ1n) is 10.5. The minimum atomic E-state index is -0.247. The molecule has 3 aromatic rings. The summed E-state index contributed by atoms with van der Waals surface area (Å²) < 4.78 is 0. The van der Waals surface area contributed by atoms with Gasteiger partial charge in [-0.1, -0.05) is 54.6 Å². The van der Waals surface area contributed by atoms with Crippen molar-refractivity contribution in [1.29, 1.82) is 0 Å². The maximum atomic E-state index is 12.9. The van der Waals surface area contributed by atoms with Crippen LogP contribution in [0.4, 0.5) is 5.69 Å². The summed E-state index contributed by atoms with van der Waals surface area (Å²) in [5.41, 5.74) is 3.73. The van der Waals surface area contributed by atoms with E-state index in [0.29, 0.717) is 29.4 Å². The van der Waals surface area contributed by atoms with Gasteiger partial charge in [-0.25, -0.2) is 0 Å². The zero-order chi connectivity index (χ0) is 22.2. The molecule has 0 radical (unpaired) electrons. The van der Waals surface area contributed by atoms with Gasteiger partial charge in [0.2, 0.25) is 0 Å². The average Bonchev–Trinajstić information content (AvgIpc) is 2.79. The minimum absolute atomic E-state index is 0.226. The third-order valence-electron chi connectivity index (χ3n) is 5.31. The molecule has 0 bridgehead atoms. The van der Waals surface area contributed by atoms with Crippen LogP contribution in [0.2, 0.25) is 0 Å². The zero-order valence-electron chi connectivity index (χ0n) is 18.3. The van der Waals surface area contributed by atoms with Crippen LogP contribution in [0.5, 0.6) is 0 Å². The van der Waals surface area contributed by atoms with Crippen LogP contribution in [-0.4, -0.2) is 29.8 Å². The van der Waals surface area contributed by atoms with Crippen molar-refractivity contribution in [1.82, 2.24) is 10.2 Å². The van der Waals surface area contributed by atoms with Crippen LogP contribution in [0.1, 0.15) is 45.7 Å². The molecular weight excluding hydrogens is 386 g/mol. The molecule has 31 heavy (non-hydrogen) atoms. The number of benzene rings is 3. The van der Waals surface area contributed by atoms with Crippen LogP contribution in [0, 0.1) is 0 Å². The Labute approximate surface area is 184 Å². The Hall–Kier alpha value is -3.44. The highest BCUT2D eigenvalue weighted by Gasteiger charge is 2.15. The molecule has 0 aliphatic rings. The van der Waals surface area contributed by atoms with Gasteiger partial charge >= 0.3 is 0 Å². The molecule has 0 aliphatic heterocycles. The van der Waals surface area contributed by atoms with Gasteiger partial charge in [-0.2, -0.15) is 0 Å². The Morgan fingerprint density at radius 2 is 1.42 bits per heavy atom. The summed E-state index contributed by atoms with van der Waals surface area (Å²) in [6.45, 7) is 5.55. The standard InChI is InChI=1S/C26H29N3O2/c1-19(2)29(3)18-22-14-8-7-13-21(22)17-27-26(31)23-15-9-10-16-24(23)28-25(30)20-11-5-4-6-12-20/h4-16,19H,17-18H2,1-3H3,(H,27,31)(H,28,30). The first kappa shape index (κ1) is 22.2. The number of rotatable bonds is 8. The molecule has 3 rings (SSSR count). The predicted molar refractivity (Wildman–Crippen MR) is 125 cm³/mol. The third-order valence-corrected chi connectivity index (χ3v) is 5.31. The molecule has 3 aromatic carbocycles. The molecule has 0 aliphatic carbocycles. The van der Waals surface area contributed by atoms with E-state index in [2.05, 4.69) is 42.5 Å². The van der Waals surface area contributed by atoms with E-state index < -0.39 is 0 Å². The average molecular weight is 416 g/mol. The highest BCUT2D eigenvalue weighted by Crippen LogP contribution is 2.17. The molecule has 5 nitrogen and oxygen atoms in total. The van der Waals surface area contributed by atoms with Crippen LogP contribution in [0.15, 0.2) is 78.9 Å². The molecule has 0 atom stereocenters. The summed E-state index contributed by atoms with van der Waals surface area (Å²) in [7, 11) is 2.09. The Balaban J connectivity index is 1.70. The van der Waals surface area contributed by atoms with Gasteiger partial charge in [0.25, 0.3) is 11.8 Å². The van der Waals surface area contributed by atoms with Gasteiger partial charge in [-0.15, -0.1) is 0 Å². The molecule has 0 spiro atoms. The van der Waals surface area contributed by atoms with Crippen molar-refractivity contribution in [3.05, 3.63) is 101 Å². The van der Waals surface area contributed by atoms with Crippen LogP contribution in [0.3, 0.4) is 0 Å². The van der Waals surface area contributed by atoms with E-state index in [1.165, 1.54) is 5.56 Å². The van der Waals surface area contributed by atoms with Gasteiger partial charge in [0, 0.05) is 24.7 Å². The fourth-order valence-corrected chi connectivity index (χ4v) is 3.18. The van der Waals surface area contributed by atoms with Crippen molar-refractivity contribution >= 4 is 17.5 Å². The Bertz CT molecular complexity index is 1030. The van der Waals surface area contributed by atoms with E-state index in [9.17, 15) is 9.59 Å². The summed E-state index contributed by atoms with van der Waals surface area (Å²) in [5, 5.41) is 5.85. The normalized spacial score (nSPS) is 10.9. The molecule has 2 amide bonds.